The molecule has 0 bridgehead atoms. The monoisotopic (exact) mass is 329 g/mol. The molecule has 2 aromatic rings. The standard InChI is InChI=1S/C18H19NO5/c1-4-17(21)19-14-7-5-13(6-8-14)16(20)10-23-18(22)15-9-11(2)24-12(15)3/h5-9H,4,10H2,1-3H3,(H,19,21). The van der Waals surface area contributed by atoms with Crippen LogP contribution in [0.4, 0.5) is 5.69 Å². The third-order valence-corrected chi connectivity index (χ3v) is 3.41. The van der Waals surface area contributed by atoms with E-state index in [1.54, 1.807) is 51.1 Å². The first kappa shape index (κ1) is 17.5. The van der Waals surface area contributed by atoms with Crippen molar-refractivity contribution >= 4 is 23.3 Å². The average molecular weight is 329 g/mol. The van der Waals surface area contributed by atoms with E-state index in [-0.39, 0.29) is 18.3 Å². The van der Waals surface area contributed by atoms with Crippen LogP contribution >= 0.6 is 0 Å². The van der Waals surface area contributed by atoms with Crippen molar-refractivity contribution in [1.29, 1.82) is 0 Å². The summed E-state index contributed by atoms with van der Waals surface area (Å²) in [4.78, 5) is 35.3. The molecule has 0 spiro atoms. The van der Waals surface area contributed by atoms with E-state index in [1.807, 2.05) is 0 Å². The largest absolute Gasteiger partial charge is 0.466 e. The number of Topliss-reactive ketones (excluding diaryl/α,β-unsaturated/α-hetero) is 1. The van der Waals surface area contributed by atoms with Gasteiger partial charge in [0.1, 0.15) is 17.1 Å². The van der Waals surface area contributed by atoms with Crippen molar-refractivity contribution in [2.24, 2.45) is 0 Å². The Labute approximate surface area is 139 Å². The number of anilines is 1. The van der Waals surface area contributed by atoms with Crippen molar-refractivity contribution in [2.75, 3.05) is 11.9 Å². The fraction of sp³-hybridized carbons (Fsp3) is 0.278. The smallest absolute Gasteiger partial charge is 0.342 e. The lowest BCUT2D eigenvalue weighted by atomic mass is 10.1. The highest BCUT2D eigenvalue weighted by molar-refractivity contribution is 6.00. The van der Waals surface area contributed by atoms with Crippen LogP contribution in [0.5, 0.6) is 0 Å². The van der Waals surface area contributed by atoms with Gasteiger partial charge in [-0.1, -0.05) is 6.92 Å². The Bertz CT molecular complexity index is 758. The van der Waals surface area contributed by atoms with Crippen molar-refractivity contribution in [2.45, 2.75) is 27.2 Å². The molecule has 0 fully saturated rings. The summed E-state index contributed by atoms with van der Waals surface area (Å²) in [6.45, 7) is 4.79. The number of hydrogen-bond acceptors (Lipinski definition) is 5. The number of hydrogen-bond donors (Lipinski definition) is 1. The fourth-order valence-corrected chi connectivity index (χ4v) is 2.11. The van der Waals surface area contributed by atoms with Crippen LogP contribution in [-0.2, 0) is 9.53 Å². The predicted octanol–water partition coefficient (Wildman–Crippen LogP) is 3.28. The lowest BCUT2D eigenvalue weighted by molar-refractivity contribution is -0.115. The molecular formula is C18H19NO5. The van der Waals surface area contributed by atoms with Crippen molar-refractivity contribution in [3.63, 3.8) is 0 Å². The normalized spacial score (nSPS) is 10.3. The summed E-state index contributed by atoms with van der Waals surface area (Å²) in [5.41, 5.74) is 1.33. The van der Waals surface area contributed by atoms with E-state index in [4.69, 9.17) is 9.15 Å². The molecule has 1 aromatic carbocycles. The van der Waals surface area contributed by atoms with Crippen LogP contribution in [-0.4, -0.2) is 24.3 Å². The number of benzene rings is 1. The number of ether oxygens (including phenoxy) is 1. The van der Waals surface area contributed by atoms with E-state index in [2.05, 4.69) is 5.32 Å². The maximum absolute atomic E-state index is 12.1. The molecule has 0 aliphatic rings. The zero-order valence-corrected chi connectivity index (χ0v) is 13.8. The lowest BCUT2D eigenvalue weighted by Gasteiger charge is -2.06. The van der Waals surface area contributed by atoms with Crippen molar-refractivity contribution in [3.8, 4) is 0 Å². The van der Waals surface area contributed by atoms with Gasteiger partial charge in [0.2, 0.25) is 5.91 Å². The van der Waals surface area contributed by atoms with Gasteiger partial charge in [0.05, 0.1) is 0 Å². The number of carbonyl (C=O) groups is 3. The lowest BCUT2D eigenvalue weighted by Crippen LogP contribution is -2.14. The SMILES string of the molecule is CCC(=O)Nc1ccc(C(=O)COC(=O)c2cc(C)oc2C)cc1. The summed E-state index contributed by atoms with van der Waals surface area (Å²) in [5, 5.41) is 2.69. The molecule has 0 saturated carbocycles. The molecule has 126 valence electrons. The molecule has 6 nitrogen and oxygen atoms in total. The Morgan fingerprint density at radius 2 is 1.79 bits per heavy atom. The van der Waals surface area contributed by atoms with Crippen LogP contribution in [0.2, 0.25) is 0 Å². The van der Waals surface area contributed by atoms with Gasteiger partial charge in [0.25, 0.3) is 0 Å². The second-order valence-electron chi connectivity index (χ2n) is 5.31. The third-order valence-electron chi connectivity index (χ3n) is 3.41. The first-order valence-corrected chi connectivity index (χ1v) is 7.58. The molecule has 0 saturated heterocycles. The predicted molar refractivity (Wildman–Crippen MR) is 88.2 cm³/mol. The molecule has 6 heteroatoms. The van der Waals surface area contributed by atoms with Gasteiger partial charge in [-0.15, -0.1) is 0 Å². The Hall–Kier alpha value is -2.89. The summed E-state index contributed by atoms with van der Waals surface area (Å²) in [6, 6.07) is 8.00. The van der Waals surface area contributed by atoms with Gasteiger partial charge in [0.15, 0.2) is 12.4 Å². The van der Waals surface area contributed by atoms with Crippen molar-refractivity contribution < 1.29 is 23.5 Å². The maximum Gasteiger partial charge on any atom is 0.342 e. The van der Waals surface area contributed by atoms with E-state index in [0.717, 1.165) is 0 Å². The summed E-state index contributed by atoms with van der Waals surface area (Å²) in [7, 11) is 0. The molecule has 0 aliphatic heterocycles. The van der Waals surface area contributed by atoms with Gasteiger partial charge in [0, 0.05) is 17.7 Å². The molecule has 2 rings (SSSR count). The number of furan rings is 1. The summed E-state index contributed by atoms with van der Waals surface area (Å²) < 4.78 is 10.3. The molecule has 1 N–H and O–H groups in total. The number of ketones is 1. The zero-order valence-electron chi connectivity index (χ0n) is 13.8. The highest BCUT2D eigenvalue weighted by Crippen LogP contribution is 2.15. The molecule has 24 heavy (non-hydrogen) atoms. The van der Waals surface area contributed by atoms with Crippen LogP contribution in [0.25, 0.3) is 0 Å². The van der Waals surface area contributed by atoms with Gasteiger partial charge in [-0.3, -0.25) is 9.59 Å². The van der Waals surface area contributed by atoms with Crippen molar-refractivity contribution in [3.05, 3.63) is 53.0 Å². The first-order chi connectivity index (χ1) is 11.4. The molecule has 1 amide bonds. The number of esters is 1. The summed E-state index contributed by atoms with van der Waals surface area (Å²) in [5.74, 6) is 0.0457. The molecule has 1 aromatic heterocycles. The number of carbonyl (C=O) groups excluding carboxylic acids is 3. The van der Waals surface area contributed by atoms with Crippen LogP contribution in [0.1, 0.15) is 45.6 Å². The Morgan fingerprint density at radius 1 is 1.12 bits per heavy atom. The number of nitrogens with one attached hydrogen (secondary N) is 1. The quantitative estimate of drug-likeness (QED) is 0.649. The minimum atomic E-state index is -0.593. The highest BCUT2D eigenvalue weighted by Gasteiger charge is 2.17. The third kappa shape index (κ3) is 4.32. The molecule has 1 heterocycles. The number of amides is 1. The topological polar surface area (TPSA) is 85.6 Å². The minimum absolute atomic E-state index is 0.103. The van der Waals surface area contributed by atoms with Gasteiger partial charge < -0.3 is 14.5 Å². The number of rotatable bonds is 6. The molecular weight excluding hydrogens is 310 g/mol. The van der Waals surface area contributed by atoms with Gasteiger partial charge in [-0.25, -0.2) is 4.79 Å². The average Bonchev–Trinajstić information content (AvgIpc) is 2.91. The molecule has 0 atom stereocenters. The van der Waals surface area contributed by atoms with E-state index >= 15 is 0 Å². The molecule has 0 radical (unpaired) electrons. The fourth-order valence-electron chi connectivity index (χ4n) is 2.11. The van der Waals surface area contributed by atoms with Crippen LogP contribution in [0.3, 0.4) is 0 Å². The zero-order chi connectivity index (χ0) is 17.7. The van der Waals surface area contributed by atoms with E-state index < -0.39 is 5.97 Å². The Morgan fingerprint density at radius 3 is 2.33 bits per heavy atom. The Kier molecular flexibility index (Phi) is 5.52. The van der Waals surface area contributed by atoms with E-state index in [1.165, 1.54) is 0 Å². The second-order valence-corrected chi connectivity index (χ2v) is 5.31. The maximum atomic E-state index is 12.1. The van der Waals surface area contributed by atoms with Crippen LogP contribution in [0, 0.1) is 13.8 Å². The first-order valence-electron chi connectivity index (χ1n) is 7.58. The van der Waals surface area contributed by atoms with E-state index in [0.29, 0.717) is 34.8 Å². The van der Waals surface area contributed by atoms with E-state index in [9.17, 15) is 14.4 Å². The van der Waals surface area contributed by atoms with Crippen LogP contribution < -0.4 is 5.32 Å². The Balaban J connectivity index is 1.93. The molecule has 0 unspecified atom stereocenters. The highest BCUT2D eigenvalue weighted by atomic mass is 16.5. The van der Waals surface area contributed by atoms with Crippen LogP contribution in [0.15, 0.2) is 34.7 Å². The van der Waals surface area contributed by atoms with Gasteiger partial charge >= 0.3 is 5.97 Å². The summed E-state index contributed by atoms with van der Waals surface area (Å²) >= 11 is 0. The van der Waals surface area contributed by atoms with Gasteiger partial charge in [-0.2, -0.15) is 0 Å². The minimum Gasteiger partial charge on any atom is -0.466 e. The molecule has 0 aliphatic carbocycles. The van der Waals surface area contributed by atoms with Crippen molar-refractivity contribution in [1.82, 2.24) is 0 Å². The van der Waals surface area contributed by atoms with Gasteiger partial charge in [-0.05, 0) is 44.2 Å². The second kappa shape index (κ2) is 7.59. The number of aryl methyl sites for hydroxylation is 2. The summed E-state index contributed by atoms with van der Waals surface area (Å²) in [6.07, 6.45) is 0.379.